The minimum atomic E-state index is -2.92. The highest BCUT2D eigenvalue weighted by Gasteiger charge is 2.39. The van der Waals surface area contributed by atoms with Crippen molar-refractivity contribution < 1.29 is 13.5 Å². The first-order chi connectivity index (χ1) is 8.08. The minimum absolute atomic E-state index is 0.0546. The van der Waals surface area contributed by atoms with Crippen molar-refractivity contribution in [1.82, 2.24) is 5.32 Å². The van der Waals surface area contributed by atoms with Gasteiger partial charge in [0.05, 0.1) is 17.6 Å². The summed E-state index contributed by atoms with van der Waals surface area (Å²) in [5.41, 5.74) is -0.340. The van der Waals surface area contributed by atoms with Crippen LogP contribution in [0.4, 0.5) is 0 Å². The first-order valence-corrected chi connectivity index (χ1v) is 8.37. The summed E-state index contributed by atoms with van der Waals surface area (Å²) in [4.78, 5) is 0. The highest BCUT2D eigenvalue weighted by atomic mass is 32.2. The predicted octanol–water partition coefficient (Wildman–Crippen LogP) is 0.848. The average molecular weight is 261 g/mol. The fourth-order valence-electron chi connectivity index (χ4n) is 3.09. The molecular formula is C12H23NO3S. The molecular weight excluding hydrogens is 238 g/mol. The molecule has 4 nitrogen and oxygen atoms in total. The lowest BCUT2D eigenvalue weighted by atomic mass is 9.84. The highest BCUT2D eigenvalue weighted by molar-refractivity contribution is 7.92. The third kappa shape index (κ3) is 3.01. The van der Waals surface area contributed by atoms with Gasteiger partial charge in [-0.05, 0) is 38.6 Å². The summed E-state index contributed by atoms with van der Waals surface area (Å²) in [6.07, 6.45) is 6.27. The second-order valence-electron chi connectivity index (χ2n) is 5.51. The van der Waals surface area contributed by atoms with Gasteiger partial charge in [0.25, 0.3) is 0 Å². The molecule has 2 N–H and O–H groups in total. The van der Waals surface area contributed by atoms with Gasteiger partial charge in [-0.25, -0.2) is 8.42 Å². The minimum Gasteiger partial charge on any atom is -0.394 e. The maximum Gasteiger partial charge on any atom is 0.153 e. The van der Waals surface area contributed by atoms with Gasteiger partial charge in [-0.15, -0.1) is 0 Å². The number of piperidine rings is 1. The van der Waals surface area contributed by atoms with Crippen LogP contribution in [0.3, 0.4) is 0 Å². The number of aliphatic hydroxyl groups is 1. The van der Waals surface area contributed by atoms with Crippen molar-refractivity contribution in [2.45, 2.75) is 55.7 Å². The lowest BCUT2D eigenvalue weighted by molar-refractivity contribution is 0.121. The molecule has 5 heteroatoms. The maximum atomic E-state index is 12.0. The summed E-state index contributed by atoms with van der Waals surface area (Å²) < 4.78 is 24.0. The zero-order valence-electron chi connectivity index (χ0n) is 10.3. The quantitative estimate of drug-likeness (QED) is 0.790. The van der Waals surface area contributed by atoms with Crippen LogP contribution in [0, 0.1) is 0 Å². The van der Waals surface area contributed by atoms with Gasteiger partial charge in [-0.1, -0.05) is 12.8 Å². The molecule has 2 saturated heterocycles. The molecule has 2 atom stereocenters. The lowest BCUT2D eigenvalue weighted by Gasteiger charge is -2.40. The summed E-state index contributed by atoms with van der Waals surface area (Å²) in [7, 11) is -2.92. The van der Waals surface area contributed by atoms with Gasteiger partial charge in [0, 0.05) is 5.54 Å². The van der Waals surface area contributed by atoms with E-state index in [1.54, 1.807) is 0 Å². The van der Waals surface area contributed by atoms with Gasteiger partial charge in [0.2, 0.25) is 0 Å². The Labute approximate surface area is 104 Å². The Morgan fingerprint density at radius 1 is 1.24 bits per heavy atom. The first-order valence-electron chi connectivity index (χ1n) is 6.65. The topological polar surface area (TPSA) is 66.4 Å². The summed E-state index contributed by atoms with van der Waals surface area (Å²) in [6.45, 7) is 0.951. The number of aliphatic hydroxyl groups excluding tert-OH is 1. The van der Waals surface area contributed by atoms with E-state index in [2.05, 4.69) is 5.32 Å². The van der Waals surface area contributed by atoms with Crippen molar-refractivity contribution in [2.75, 3.05) is 18.9 Å². The van der Waals surface area contributed by atoms with Crippen molar-refractivity contribution in [3.63, 3.8) is 0 Å². The second-order valence-corrected chi connectivity index (χ2v) is 7.91. The molecule has 2 rings (SSSR count). The van der Waals surface area contributed by atoms with Crippen molar-refractivity contribution in [3.05, 3.63) is 0 Å². The molecule has 2 unspecified atom stereocenters. The number of hydrogen-bond acceptors (Lipinski definition) is 4. The molecule has 2 aliphatic heterocycles. The largest absolute Gasteiger partial charge is 0.394 e. The maximum absolute atomic E-state index is 12.0. The van der Waals surface area contributed by atoms with Crippen LogP contribution in [0.15, 0.2) is 0 Å². The van der Waals surface area contributed by atoms with Crippen LogP contribution in [0.5, 0.6) is 0 Å². The fraction of sp³-hybridized carbons (Fsp3) is 1.00. The van der Waals surface area contributed by atoms with E-state index < -0.39 is 9.84 Å². The molecule has 100 valence electrons. The number of hydrogen-bond donors (Lipinski definition) is 2. The molecule has 0 radical (unpaired) electrons. The summed E-state index contributed by atoms with van der Waals surface area (Å²) in [5, 5.41) is 12.7. The van der Waals surface area contributed by atoms with Crippen LogP contribution in [0.25, 0.3) is 0 Å². The van der Waals surface area contributed by atoms with Gasteiger partial charge in [-0.3, -0.25) is 0 Å². The van der Waals surface area contributed by atoms with E-state index in [0.717, 1.165) is 45.1 Å². The van der Waals surface area contributed by atoms with E-state index in [-0.39, 0.29) is 17.4 Å². The molecule has 0 aliphatic carbocycles. The van der Waals surface area contributed by atoms with Crippen LogP contribution in [0.1, 0.15) is 44.9 Å². The van der Waals surface area contributed by atoms with Gasteiger partial charge >= 0.3 is 0 Å². The van der Waals surface area contributed by atoms with Gasteiger partial charge in [-0.2, -0.15) is 0 Å². The van der Waals surface area contributed by atoms with Crippen molar-refractivity contribution in [1.29, 1.82) is 0 Å². The smallest absolute Gasteiger partial charge is 0.153 e. The van der Waals surface area contributed by atoms with E-state index in [1.807, 2.05) is 0 Å². The van der Waals surface area contributed by atoms with E-state index in [4.69, 9.17) is 0 Å². The molecule has 0 bridgehead atoms. The molecule has 2 heterocycles. The molecule has 0 aromatic carbocycles. The van der Waals surface area contributed by atoms with Crippen molar-refractivity contribution >= 4 is 9.84 Å². The number of nitrogens with one attached hydrogen (secondary N) is 1. The van der Waals surface area contributed by atoms with E-state index in [9.17, 15) is 13.5 Å². The second kappa shape index (κ2) is 5.24. The molecule has 2 fully saturated rings. The summed E-state index contributed by atoms with van der Waals surface area (Å²) in [6, 6.07) is 0. The molecule has 0 aromatic rings. The Kier molecular flexibility index (Phi) is 4.10. The highest BCUT2D eigenvalue weighted by Crippen LogP contribution is 2.31. The molecule has 17 heavy (non-hydrogen) atoms. The normalized spacial score (nSPS) is 37.8. The molecule has 2 aliphatic rings. The van der Waals surface area contributed by atoms with Gasteiger partial charge in [0.1, 0.15) is 0 Å². The third-order valence-corrected chi connectivity index (χ3v) is 6.49. The SMILES string of the molecule is O=S1(=O)CCCCC1CC1(CO)CCCCN1. The van der Waals surface area contributed by atoms with Gasteiger partial charge < -0.3 is 10.4 Å². The summed E-state index contributed by atoms with van der Waals surface area (Å²) >= 11 is 0. The summed E-state index contributed by atoms with van der Waals surface area (Å²) in [5.74, 6) is 0.333. The first kappa shape index (κ1) is 13.3. The Morgan fingerprint density at radius 2 is 2.06 bits per heavy atom. The van der Waals surface area contributed by atoms with Crippen LogP contribution in [-0.2, 0) is 9.84 Å². The van der Waals surface area contributed by atoms with E-state index in [0.29, 0.717) is 12.2 Å². The van der Waals surface area contributed by atoms with Crippen LogP contribution in [0.2, 0.25) is 0 Å². The zero-order valence-corrected chi connectivity index (χ0v) is 11.1. The molecule has 0 spiro atoms. The van der Waals surface area contributed by atoms with Crippen LogP contribution >= 0.6 is 0 Å². The number of rotatable bonds is 3. The predicted molar refractivity (Wildman–Crippen MR) is 67.7 cm³/mol. The Morgan fingerprint density at radius 3 is 2.65 bits per heavy atom. The molecule has 0 amide bonds. The lowest BCUT2D eigenvalue weighted by Crippen LogP contribution is -2.54. The average Bonchev–Trinajstić information content (AvgIpc) is 2.33. The monoisotopic (exact) mass is 261 g/mol. The molecule has 0 aromatic heterocycles. The van der Waals surface area contributed by atoms with Gasteiger partial charge in [0.15, 0.2) is 9.84 Å². The van der Waals surface area contributed by atoms with E-state index in [1.165, 1.54) is 0 Å². The Hall–Kier alpha value is -0.130. The zero-order chi connectivity index (χ0) is 12.4. The Bertz CT molecular complexity index is 347. The van der Waals surface area contributed by atoms with E-state index >= 15 is 0 Å². The molecule has 0 saturated carbocycles. The number of sulfone groups is 1. The third-order valence-electron chi connectivity index (χ3n) is 4.22. The van der Waals surface area contributed by atoms with Crippen molar-refractivity contribution in [2.24, 2.45) is 0 Å². The van der Waals surface area contributed by atoms with Crippen LogP contribution < -0.4 is 5.32 Å². The fourth-order valence-corrected chi connectivity index (χ4v) is 5.13. The van der Waals surface area contributed by atoms with Crippen LogP contribution in [-0.4, -0.2) is 43.2 Å². The Balaban J connectivity index is 2.07. The standard InChI is InChI=1S/C12H23NO3S/c14-10-12(6-2-3-7-13-12)9-11-5-1-4-8-17(11,15)16/h11,13-14H,1-10H2. The van der Waals surface area contributed by atoms with Crippen molar-refractivity contribution in [3.8, 4) is 0 Å².